The van der Waals surface area contributed by atoms with Gasteiger partial charge in [-0.25, -0.2) is 18.2 Å². The fraction of sp³-hybridized carbons (Fsp3) is 0.520. The first kappa shape index (κ1) is 24.5. The Hall–Kier alpha value is -2.65. The van der Waals surface area contributed by atoms with E-state index >= 15 is 0 Å². The molecular weight excluding hydrogens is 452 g/mol. The summed E-state index contributed by atoms with van der Waals surface area (Å²) in [5.41, 5.74) is 1.43. The third kappa shape index (κ3) is 5.36. The molecule has 34 heavy (non-hydrogen) atoms. The van der Waals surface area contributed by atoms with Crippen LogP contribution in [0.2, 0.25) is 0 Å². The lowest BCUT2D eigenvalue weighted by atomic mass is 10.1. The SMILES string of the molecule is Cc1ccc(S(=O)(=O)N2CCC[C@@H]2c2ccc(N3CCN(C(=O)OC(C)(C)C)CC3)nc2)cc1. The summed E-state index contributed by atoms with van der Waals surface area (Å²) in [5.74, 6) is 0.832. The molecule has 2 aliphatic rings. The second-order valence-electron chi connectivity index (χ2n) is 9.99. The van der Waals surface area contributed by atoms with Crippen molar-refractivity contribution in [2.24, 2.45) is 0 Å². The molecule has 1 aromatic carbocycles. The Kier molecular flexibility index (Phi) is 6.87. The van der Waals surface area contributed by atoms with Crippen LogP contribution in [0.25, 0.3) is 0 Å². The van der Waals surface area contributed by atoms with Crippen molar-refractivity contribution in [2.45, 2.75) is 57.1 Å². The number of hydrogen-bond acceptors (Lipinski definition) is 6. The highest BCUT2D eigenvalue weighted by Crippen LogP contribution is 2.36. The summed E-state index contributed by atoms with van der Waals surface area (Å²) in [4.78, 5) is 21.1. The summed E-state index contributed by atoms with van der Waals surface area (Å²) in [6, 6.07) is 10.7. The molecule has 3 heterocycles. The van der Waals surface area contributed by atoms with Crippen molar-refractivity contribution in [3.63, 3.8) is 0 Å². The molecule has 0 bridgehead atoms. The number of carbonyl (C=O) groups is 1. The fourth-order valence-corrected chi connectivity index (χ4v) is 6.12. The summed E-state index contributed by atoms with van der Waals surface area (Å²) in [6.45, 7) is 10.5. The molecule has 4 rings (SSSR count). The smallest absolute Gasteiger partial charge is 0.410 e. The Bertz CT molecular complexity index is 1100. The minimum Gasteiger partial charge on any atom is -0.444 e. The van der Waals surface area contributed by atoms with E-state index in [1.165, 1.54) is 0 Å². The maximum atomic E-state index is 13.3. The molecular formula is C25H34N4O4S. The van der Waals surface area contributed by atoms with Crippen LogP contribution in [0, 0.1) is 6.92 Å². The first-order chi connectivity index (χ1) is 16.0. The van der Waals surface area contributed by atoms with Gasteiger partial charge in [-0.05, 0) is 64.3 Å². The summed E-state index contributed by atoms with van der Waals surface area (Å²) in [6.07, 6.45) is 3.11. The third-order valence-corrected chi connectivity index (χ3v) is 8.16. The molecule has 2 fully saturated rings. The molecule has 9 heteroatoms. The van der Waals surface area contributed by atoms with E-state index in [9.17, 15) is 13.2 Å². The molecule has 0 unspecified atom stereocenters. The molecule has 8 nitrogen and oxygen atoms in total. The van der Waals surface area contributed by atoms with E-state index in [1.807, 2.05) is 52.0 Å². The number of ether oxygens (including phenoxy) is 1. The number of amides is 1. The zero-order valence-corrected chi connectivity index (χ0v) is 21.2. The van der Waals surface area contributed by atoms with Gasteiger partial charge in [-0.3, -0.25) is 0 Å². The summed E-state index contributed by atoms with van der Waals surface area (Å²) in [7, 11) is -3.57. The number of aromatic nitrogens is 1. The summed E-state index contributed by atoms with van der Waals surface area (Å²) < 4.78 is 33.6. The lowest BCUT2D eigenvalue weighted by Crippen LogP contribution is -2.50. The van der Waals surface area contributed by atoms with Crippen LogP contribution in [0.1, 0.15) is 50.8 Å². The second-order valence-corrected chi connectivity index (χ2v) is 11.9. The molecule has 0 spiro atoms. The Morgan fingerprint density at radius 1 is 1.00 bits per heavy atom. The normalized spacial score (nSPS) is 19.9. The Balaban J connectivity index is 1.42. The Morgan fingerprint density at radius 2 is 1.68 bits per heavy atom. The average Bonchev–Trinajstić information content (AvgIpc) is 3.29. The molecule has 0 radical (unpaired) electrons. The van der Waals surface area contributed by atoms with Gasteiger partial charge in [-0.1, -0.05) is 23.8 Å². The Morgan fingerprint density at radius 3 is 2.26 bits per heavy atom. The zero-order valence-electron chi connectivity index (χ0n) is 20.4. The number of anilines is 1. The average molecular weight is 487 g/mol. The fourth-order valence-electron chi connectivity index (χ4n) is 4.43. The van der Waals surface area contributed by atoms with Crippen molar-refractivity contribution >= 4 is 21.9 Å². The number of benzene rings is 1. The van der Waals surface area contributed by atoms with Crippen molar-refractivity contribution < 1.29 is 17.9 Å². The van der Waals surface area contributed by atoms with Gasteiger partial charge in [0.05, 0.1) is 10.9 Å². The molecule has 1 atom stereocenters. The van der Waals surface area contributed by atoms with Gasteiger partial charge in [0, 0.05) is 38.9 Å². The summed E-state index contributed by atoms with van der Waals surface area (Å²) in [5, 5.41) is 0. The van der Waals surface area contributed by atoms with Crippen LogP contribution in [-0.2, 0) is 14.8 Å². The van der Waals surface area contributed by atoms with Crippen LogP contribution in [-0.4, -0.2) is 67.0 Å². The molecule has 0 aliphatic carbocycles. The van der Waals surface area contributed by atoms with E-state index in [2.05, 4.69) is 9.88 Å². The van der Waals surface area contributed by atoms with Gasteiger partial charge in [0.2, 0.25) is 10.0 Å². The molecule has 2 saturated heterocycles. The van der Waals surface area contributed by atoms with E-state index in [0.29, 0.717) is 37.6 Å². The minimum atomic E-state index is -3.57. The lowest BCUT2D eigenvalue weighted by molar-refractivity contribution is 0.0240. The van der Waals surface area contributed by atoms with Crippen LogP contribution < -0.4 is 4.90 Å². The van der Waals surface area contributed by atoms with Crippen LogP contribution in [0.3, 0.4) is 0 Å². The Labute approximate surface area is 202 Å². The number of nitrogens with zero attached hydrogens (tertiary/aromatic N) is 4. The van der Waals surface area contributed by atoms with Gasteiger partial charge < -0.3 is 14.5 Å². The van der Waals surface area contributed by atoms with Crippen molar-refractivity contribution in [3.8, 4) is 0 Å². The van der Waals surface area contributed by atoms with Crippen LogP contribution in [0.5, 0.6) is 0 Å². The first-order valence-electron chi connectivity index (χ1n) is 11.8. The maximum absolute atomic E-state index is 13.3. The highest BCUT2D eigenvalue weighted by atomic mass is 32.2. The van der Waals surface area contributed by atoms with Gasteiger partial charge in [0.15, 0.2) is 0 Å². The third-order valence-electron chi connectivity index (χ3n) is 6.24. The molecule has 1 amide bonds. The van der Waals surface area contributed by atoms with E-state index in [-0.39, 0.29) is 12.1 Å². The van der Waals surface area contributed by atoms with Gasteiger partial charge in [0.25, 0.3) is 0 Å². The molecule has 1 aromatic heterocycles. The van der Waals surface area contributed by atoms with Gasteiger partial charge in [-0.2, -0.15) is 4.31 Å². The lowest BCUT2D eigenvalue weighted by Gasteiger charge is -2.36. The van der Waals surface area contributed by atoms with Crippen LogP contribution >= 0.6 is 0 Å². The number of sulfonamides is 1. The number of piperazine rings is 1. The van der Waals surface area contributed by atoms with E-state index in [0.717, 1.165) is 29.8 Å². The topological polar surface area (TPSA) is 83.1 Å². The number of aryl methyl sites for hydroxylation is 1. The van der Waals surface area contributed by atoms with Crippen molar-refractivity contribution in [1.82, 2.24) is 14.2 Å². The first-order valence-corrected chi connectivity index (χ1v) is 13.3. The van der Waals surface area contributed by atoms with Crippen LogP contribution in [0.4, 0.5) is 10.6 Å². The molecule has 2 aliphatic heterocycles. The highest BCUT2D eigenvalue weighted by molar-refractivity contribution is 7.89. The molecule has 0 saturated carbocycles. The molecule has 184 valence electrons. The quantitative estimate of drug-likeness (QED) is 0.650. The maximum Gasteiger partial charge on any atom is 0.410 e. The standard InChI is InChI=1S/C25H34N4O4S/c1-19-7-10-21(11-8-19)34(31,32)29-13-5-6-22(29)20-9-12-23(26-18-20)27-14-16-28(17-15-27)24(30)33-25(2,3)4/h7-12,18,22H,5-6,13-17H2,1-4H3/t22-/m1/s1. The van der Waals surface area contributed by atoms with E-state index < -0.39 is 15.6 Å². The monoisotopic (exact) mass is 486 g/mol. The van der Waals surface area contributed by atoms with Gasteiger partial charge in [0.1, 0.15) is 11.4 Å². The number of pyridine rings is 1. The van der Waals surface area contributed by atoms with Crippen molar-refractivity contribution in [3.05, 3.63) is 53.7 Å². The number of carbonyl (C=O) groups excluding carboxylic acids is 1. The van der Waals surface area contributed by atoms with Crippen molar-refractivity contribution in [2.75, 3.05) is 37.6 Å². The molecule has 0 N–H and O–H groups in total. The largest absolute Gasteiger partial charge is 0.444 e. The number of hydrogen-bond donors (Lipinski definition) is 0. The highest BCUT2D eigenvalue weighted by Gasteiger charge is 2.36. The van der Waals surface area contributed by atoms with Crippen LogP contribution in [0.15, 0.2) is 47.5 Å². The van der Waals surface area contributed by atoms with Gasteiger partial charge in [-0.15, -0.1) is 0 Å². The molecule has 2 aromatic rings. The zero-order chi connectivity index (χ0) is 24.5. The van der Waals surface area contributed by atoms with E-state index in [4.69, 9.17) is 4.74 Å². The van der Waals surface area contributed by atoms with E-state index in [1.54, 1.807) is 27.5 Å². The van der Waals surface area contributed by atoms with Gasteiger partial charge >= 0.3 is 6.09 Å². The second kappa shape index (κ2) is 9.54. The summed E-state index contributed by atoms with van der Waals surface area (Å²) >= 11 is 0. The van der Waals surface area contributed by atoms with Crippen molar-refractivity contribution in [1.29, 1.82) is 0 Å². The number of rotatable bonds is 4. The predicted octanol–water partition coefficient (Wildman–Crippen LogP) is 3.97. The minimum absolute atomic E-state index is 0.211. The predicted molar refractivity (Wildman–Crippen MR) is 131 cm³/mol.